The van der Waals surface area contributed by atoms with Crippen LogP contribution in [-0.4, -0.2) is 65.5 Å². The number of carbonyl (C=O) groups is 1. The van der Waals surface area contributed by atoms with E-state index in [4.69, 9.17) is 18.9 Å². The van der Waals surface area contributed by atoms with Crippen LogP contribution >= 0.6 is 0 Å². The van der Waals surface area contributed by atoms with Crippen molar-refractivity contribution in [2.24, 2.45) is 0 Å². The number of hydrogen-bond acceptors (Lipinski definition) is 5. The first kappa shape index (κ1) is 19.0. The van der Waals surface area contributed by atoms with Crippen LogP contribution in [0.4, 0.5) is 0 Å². The number of carbonyl (C=O) groups excluding carboxylic acids is 1. The van der Waals surface area contributed by atoms with E-state index in [9.17, 15) is 4.79 Å². The molecule has 0 atom stereocenters. The molecule has 0 saturated carbocycles. The molecule has 0 N–H and O–H groups in total. The van der Waals surface area contributed by atoms with E-state index >= 15 is 0 Å². The van der Waals surface area contributed by atoms with E-state index in [1.807, 2.05) is 12.1 Å². The summed E-state index contributed by atoms with van der Waals surface area (Å²) in [4.78, 5) is 14.0. The Morgan fingerprint density at radius 2 is 1.70 bits per heavy atom. The van der Waals surface area contributed by atoms with Crippen LogP contribution in [0.5, 0.6) is 11.5 Å². The first-order valence-electron chi connectivity index (χ1n) is 7.33. The molecule has 0 heterocycles. The fraction of sp³-hybridized carbons (Fsp3) is 0.471. The van der Waals surface area contributed by atoms with Gasteiger partial charge in [0, 0.05) is 38.9 Å². The summed E-state index contributed by atoms with van der Waals surface area (Å²) >= 11 is 0. The predicted octanol–water partition coefficient (Wildman–Crippen LogP) is 1.84. The lowest BCUT2D eigenvalue weighted by molar-refractivity contribution is -0.127. The number of rotatable bonds is 10. The lowest BCUT2D eigenvalue weighted by Gasteiger charge is -2.20. The molecule has 0 radical (unpaired) electrons. The third-order valence-electron chi connectivity index (χ3n) is 3.28. The minimum atomic E-state index is -0.107. The summed E-state index contributed by atoms with van der Waals surface area (Å²) in [5.74, 6) is 1.27. The summed E-state index contributed by atoms with van der Waals surface area (Å²) in [6, 6.07) is 5.43. The zero-order valence-electron chi connectivity index (χ0n) is 14.2. The zero-order chi connectivity index (χ0) is 17.1. The highest BCUT2D eigenvalue weighted by molar-refractivity contribution is 5.92. The minimum absolute atomic E-state index is 0.107. The molecule has 1 rings (SSSR count). The molecule has 0 aliphatic rings. The fourth-order valence-electron chi connectivity index (χ4n) is 1.97. The highest BCUT2D eigenvalue weighted by Crippen LogP contribution is 2.25. The zero-order valence-corrected chi connectivity index (χ0v) is 14.2. The van der Waals surface area contributed by atoms with Crippen LogP contribution in [0.15, 0.2) is 24.3 Å². The van der Waals surface area contributed by atoms with Crippen molar-refractivity contribution in [2.45, 2.75) is 0 Å². The number of amides is 1. The Morgan fingerprint density at radius 3 is 2.22 bits per heavy atom. The predicted molar refractivity (Wildman–Crippen MR) is 88.9 cm³/mol. The van der Waals surface area contributed by atoms with E-state index in [1.165, 1.54) is 6.08 Å². The smallest absolute Gasteiger partial charge is 0.246 e. The van der Waals surface area contributed by atoms with Gasteiger partial charge in [0.1, 0.15) is 11.5 Å². The van der Waals surface area contributed by atoms with E-state index < -0.39 is 0 Å². The number of nitrogens with zero attached hydrogens (tertiary/aromatic N) is 1. The molecule has 1 aromatic rings. The van der Waals surface area contributed by atoms with E-state index in [1.54, 1.807) is 45.5 Å². The van der Waals surface area contributed by atoms with Crippen molar-refractivity contribution in [2.75, 3.05) is 54.7 Å². The standard InChI is InChI=1S/C17H25NO5/c1-20-11-9-18(10-12-21-2)17(19)8-5-14-13-15(22-3)6-7-16(14)23-4/h5-8,13H,9-12H2,1-4H3/b8-5+. The van der Waals surface area contributed by atoms with Crippen molar-refractivity contribution in [1.82, 2.24) is 4.90 Å². The van der Waals surface area contributed by atoms with Crippen LogP contribution in [0.25, 0.3) is 6.08 Å². The Hall–Kier alpha value is -2.05. The summed E-state index contributed by atoms with van der Waals surface area (Å²) in [5, 5.41) is 0. The third-order valence-corrected chi connectivity index (χ3v) is 3.28. The molecule has 6 heteroatoms. The van der Waals surface area contributed by atoms with Crippen molar-refractivity contribution in [3.05, 3.63) is 29.8 Å². The second-order valence-corrected chi connectivity index (χ2v) is 4.75. The van der Waals surface area contributed by atoms with Crippen LogP contribution in [0.1, 0.15) is 5.56 Å². The van der Waals surface area contributed by atoms with Gasteiger partial charge in [-0.15, -0.1) is 0 Å². The molecule has 1 amide bonds. The van der Waals surface area contributed by atoms with Crippen LogP contribution in [0.3, 0.4) is 0 Å². The summed E-state index contributed by atoms with van der Waals surface area (Å²) in [6.45, 7) is 1.98. The molecular formula is C17H25NO5. The summed E-state index contributed by atoms with van der Waals surface area (Å²) in [7, 11) is 6.40. The lowest BCUT2D eigenvalue weighted by Crippen LogP contribution is -2.35. The van der Waals surface area contributed by atoms with E-state index in [0.29, 0.717) is 37.8 Å². The van der Waals surface area contributed by atoms with Gasteiger partial charge < -0.3 is 23.8 Å². The normalized spacial score (nSPS) is 10.8. The van der Waals surface area contributed by atoms with Crippen molar-refractivity contribution < 1.29 is 23.7 Å². The maximum absolute atomic E-state index is 12.3. The molecule has 0 aliphatic carbocycles. The van der Waals surface area contributed by atoms with Gasteiger partial charge in [-0.25, -0.2) is 0 Å². The molecule has 0 aromatic heterocycles. The molecule has 6 nitrogen and oxygen atoms in total. The monoisotopic (exact) mass is 323 g/mol. The fourth-order valence-corrected chi connectivity index (χ4v) is 1.97. The van der Waals surface area contributed by atoms with Gasteiger partial charge in [-0.05, 0) is 24.3 Å². The number of methoxy groups -OCH3 is 4. The molecule has 128 valence electrons. The van der Waals surface area contributed by atoms with Gasteiger partial charge in [0.05, 0.1) is 27.4 Å². The van der Waals surface area contributed by atoms with Crippen LogP contribution in [-0.2, 0) is 14.3 Å². The highest BCUT2D eigenvalue weighted by atomic mass is 16.5. The summed E-state index contributed by atoms with van der Waals surface area (Å²) < 4.78 is 20.6. The highest BCUT2D eigenvalue weighted by Gasteiger charge is 2.10. The van der Waals surface area contributed by atoms with Crippen molar-refractivity contribution in [1.29, 1.82) is 0 Å². The second-order valence-electron chi connectivity index (χ2n) is 4.75. The average molecular weight is 323 g/mol. The van der Waals surface area contributed by atoms with E-state index in [2.05, 4.69) is 0 Å². The van der Waals surface area contributed by atoms with Gasteiger partial charge >= 0.3 is 0 Å². The van der Waals surface area contributed by atoms with Crippen molar-refractivity contribution in [3.63, 3.8) is 0 Å². The molecule has 0 spiro atoms. The van der Waals surface area contributed by atoms with Gasteiger partial charge in [0.25, 0.3) is 0 Å². The molecule has 0 saturated heterocycles. The Labute approximate surface area is 137 Å². The van der Waals surface area contributed by atoms with E-state index in [-0.39, 0.29) is 5.91 Å². The lowest BCUT2D eigenvalue weighted by atomic mass is 10.1. The van der Waals surface area contributed by atoms with Crippen LogP contribution < -0.4 is 9.47 Å². The molecule has 23 heavy (non-hydrogen) atoms. The van der Waals surface area contributed by atoms with E-state index in [0.717, 1.165) is 5.56 Å². The molecule has 0 aliphatic heterocycles. The maximum Gasteiger partial charge on any atom is 0.246 e. The van der Waals surface area contributed by atoms with Gasteiger partial charge in [-0.2, -0.15) is 0 Å². The molecule has 0 fully saturated rings. The SMILES string of the molecule is COCCN(CCOC)C(=O)/C=C/c1cc(OC)ccc1OC. The molecule has 0 bridgehead atoms. The summed E-state index contributed by atoms with van der Waals surface area (Å²) in [5.41, 5.74) is 0.777. The van der Waals surface area contributed by atoms with Gasteiger partial charge in [-0.3, -0.25) is 4.79 Å². The first-order valence-corrected chi connectivity index (χ1v) is 7.33. The molecule has 1 aromatic carbocycles. The van der Waals surface area contributed by atoms with Crippen molar-refractivity contribution >= 4 is 12.0 Å². The minimum Gasteiger partial charge on any atom is -0.497 e. The average Bonchev–Trinajstić information content (AvgIpc) is 2.59. The number of ether oxygens (including phenoxy) is 4. The number of benzene rings is 1. The second kappa shape index (κ2) is 10.6. The van der Waals surface area contributed by atoms with Crippen LogP contribution in [0.2, 0.25) is 0 Å². The Balaban J connectivity index is 2.85. The van der Waals surface area contributed by atoms with Crippen molar-refractivity contribution in [3.8, 4) is 11.5 Å². The molecule has 0 unspecified atom stereocenters. The Morgan fingerprint density at radius 1 is 1.04 bits per heavy atom. The van der Waals surface area contributed by atoms with Gasteiger partial charge in [0.2, 0.25) is 5.91 Å². The van der Waals surface area contributed by atoms with Crippen LogP contribution in [0, 0.1) is 0 Å². The maximum atomic E-state index is 12.3. The van der Waals surface area contributed by atoms with Gasteiger partial charge in [-0.1, -0.05) is 0 Å². The Kier molecular flexibility index (Phi) is 8.79. The van der Waals surface area contributed by atoms with Gasteiger partial charge in [0.15, 0.2) is 0 Å². The first-order chi connectivity index (χ1) is 11.2. The third kappa shape index (κ3) is 6.30. The quantitative estimate of drug-likeness (QED) is 0.615. The number of hydrogen-bond donors (Lipinski definition) is 0. The molecular weight excluding hydrogens is 298 g/mol. The largest absolute Gasteiger partial charge is 0.497 e. The topological polar surface area (TPSA) is 57.2 Å². The Bertz CT molecular complexity index is 508. The summed E-state index contributed by atoms with van der Waals surface area (Å²) in [6.07, 6.45) is 3.24.